The van der Waals surface area contributed by atoms with Crippen LogP contribution in [-0.4, -0.2) is 15.7 Å². The van der Waals surface area contributed by atoms with Crippen molar-refractivity contribution >= 4 is 11.6 Å². The van der Waals surface area contributed by atoms with Gasteiger partial charge in [-0.25, -0.2) is 9.07 Å². The van der Waals surface area contributed by atoms with Crippen molar-refractivity contribution in [2.24, 2.45) is 0 Å². The van der Waals surface area contributed by atoms with E-state index >= 15 is 0 Å². The Bertz CT molecular complexity index is 1140. The summed E-state index contributed by atoms with van der Waals surface area (Å²) in [4.78, 5) is 25.2. The van der Waals surface area contributed by atoms with E-state index in [2.05, 4.69) is 10.4 Å². The molecule has 3 aromatic rings. The van der Waals surface area contributed by atoms with Crippen molar-refractivity contribution < 1.29 is 22.4 Å². The first-order valence-electron chi connectivity index (χ1n) is 8.84. The molecule has 0 aliphatic heterocycles. The van der Waals surface area contributed by atoms with Crippen molar-refractivity contribution in [3.8, 4) is 11.3 Å². The summed E-state index contributed by atoms with van der Waals surface area (Å²) in [6.07, 6.45) is -4.91. The lowest BCUT2D eigenvalue weighted by Crippen LogP contribution is -2.47. The largest absolute Gasteiger partial charge is 0.419 e. The van der Waals surface area contributed by atoms with E-state index < -0.39 is 34.6 Å². The molecule has 0 atom stereocenters. The summed E-state index contributed by atoms with van der Waals surface area (Å²) in [5, 5.41) is 6.55. The zero-order valence-corrected chi connectivity index (χ0v) is 16.0. The number of aromatic nitrogens is 2. The average Bonchev–Trinajstić information content (AvgIpc) is 2.69. The first-order valence-corrected chi connectivity index (χ1v) is 8.84. The first-order chi connectivity index (χ1) is 14.0. The monoisotopic (exact) mass is 419 g/mol. The molecule has 1 amide bonds. The van der Waals surface area contributed by atoms with Crippen molar-refractivity contribution in [3.63, 3.8) is 0 Å². The summed E-state index contributed by atoms with van der Waals surface area (Å²) in [7, 11) is 0. The molecule has 0 aliphatic rings. The highest BCUT2D eigenvalue weighted by Gasteiger charge is 2.36. The Morgan fingerprint density at radius 1 is 1.00 bits per heavy atom. The molecule has 0 aliphatic carbocycles. The van der Waals surface area contributed by atoms with Gasteiger partial charge in [0.2, 0.25) is 0 Å². The lowest BCUT2D eigenvalue weighted by molar-refractivity contribution is -0.140. The molecule has 156 valence electrons. The number of nitrogens with one attached hydrogen (secondary N) is 1. The number of halogens is 4. The van der Waals surface area contributed by atoms with Crippen LogP contribution in [0.5, 0.6) is 0 Å². The van der Waals surface area contributed by atoms with E-state index in [4.69, 9.17) is 0 Å². The molecular formula is C21H17F4N3O2. The van der Waals surface area contributed by atoms with Gasteiger partial charge in [0, 0.05) is 17.3 Å². The highest BCUT2D eigenvalue weighted by molar-refractivity contribution is 5.96. The SMILES string of the molecule is CC(C)(C(=O)Nc1ccc(F)c(C(F)(F)F)c1)n1nc(-c2ccccc2)ccc1=O. The number of rotatable bonds is 4. The summed E-state index contributed by atoms with van der Waals surface area (Å²) >= 11 is 0. The Balaban J connectivity index is 1.94. The molecule has 1 aromatic heterocycles. The van der Waals surface area contributed by atoms with Crippen molar-refractivity contribution in [1.29, 1.82) is 0 Å². The number of amides is 1. The van der Waals surface area contributed by atoms with Crippen LogP contribution >= 0.6 is 0 Å². The number of hydrogen-bond donors (Lipinski definition) is 1. The Kier molecular flexibility index (Phi) is 5.47. The van der Waals surface area contributed by atoms with Gasteiger partial charge in [-0.3, -0.25) is 9.59 Å². The third kappa shape index (κ3) is 4.24. The third-order valence-corrected chi connectivity index (χ3v) is 4.48. The van der Waals surface area contributed by atoms with Crippen LogP contribution in [0.2, 0.25) is 0 Å². The Hall–Kier alpha value is -3.49. The van der Waals surface area contributed by atoms with E-state index in [-0.39, 0.29) is 5.69 Å². The van der Waals surface area contributed by atoms with Crippen LogP contribution in [0.1, 0.15) is 19.4 Å². The van der Waals surface area contributed by atoms with Gasteiger partial charge in [0.1, 0.15) is 11.4 Å². The molecule has 3 rings (SSSR count). The lowest BCUT2D eigenvalue weighted by Gasteiger charge is -2.25. The minimum absolute atomic E-state index is 0.255. The maximum absolute atomic E-state index is 13.5. The van der Waals surface area contributed by atoms with Crippen molar-refractivity contribution in [2.45, 2.75) is 25.6 Å². The highest BCUT2D eigenvalue weighted by Crippen LogP contribution is 2.33. The van der Waals surface area contributed by atoms with Crippen molar-refractivity contribution in [3.05, 3.63) is 82.4 Å². The minimum atomic E-state index is -4.91. The molecule has 0 fully saturated rings. The number of benzene rings is 2. The Labute approximate surface area is 169 Å². The standard InChI is InChI=1S/C21H17F4N3O2/c1-20(2,19(30)26-14-8-9-16(22)15(12-14)21(23,24)25)28-18(29)11-10-17(27-28)13-6-4-3-5-7-13/h3-12H,1-2H3,(H,26,30). The molecule has 2 aromatic carbocycles. The summed E-state index contributed by atoms with van der Waals surface area (Å²) in [5.74, 6) is -2.24. The second kappa shape index (κ2) is 7.74. The van der Waals surface area contributed by atoms with E-state index in [0.717, 1.165) is 16.3 Å². The number of carbonyl (C=O) groups is 1. The fourth-order valence-corrected chi connectivity index (χ4v) is 2.78. The zero-order chi connectivity index (χ0) is 22.1. The molecule has 1 N–H and O–H groups in total. The van der Waals surface area contributed by atoms with Crippen LogP contribution in [-0.2, 0) is 16.5 Å². The van der Waals surface area contributed by atoms with Gasteiger partial charge in [0.25, 0.3) is 11.5 Å². The summed E-state index contributed by atoms with van der Waals surface area (Å²) in [5.41, 5.74) is -2.71. The van der Waals surface area contributed by atoms with Gasteiger partial charge >= 0.3 is 6.18 Å². The lowest BCUT2D eigenvalue weighted by atomic mass is 10.0. The zero-order valence-electron chi connectivity index (χ0n) is 16.0. The highest BCUT2D eigenvalue weighted by atomic mass is 19.4. The summed E-state index contributed by atoms with van der Waals surface area (Å²) in [6, 6.07) is 13.8. The molecule has 0 unspecified atom stereocenters. The average molecular weight is 419 g/mol. The van der Waals surface area contributed by atoms with E-state index in [0.29, 0.717) is 17.8 Å². The van der Waals surface area contributed by atoms with Crippen LogP contribution in [0.4, 0.5) is 23.2 Å². The van der Waals surface area contributed by atoms with Gasteiger partial charge in [-0.2, -0.15) is 18.3 Å². The normalized spacial score (nSPS) is 11.9. The topological polar surface area (TPSA) is 64.0 Å². The smallest absolute Gasteiger partial charge is 0.324 e. The molecule has 0 saturated carbocycles. The van der Waals surface area contributed by atoms with Gasteiger partial charge in [-0.15, -0.1) is 0 Å². The molecule has 9 heteroatoms. The molecule has 0 radical (unpaired) electrons. The van der Waals surface area contributed by atoms with E-state index in [1.807, 2.05) is 6.07 Å². The van der Waals surface area contributed by atoms with Crippen molar-refractivity contribution in [1.82, 2.24) is 9.78 Å². The number of anilines is 1. The molecule has 5 nitrogen and oxygen atoms in total. The summed E-state index contributed by atoms with van der Waals surface area (Å²) < 4.78 is 53.2. The number of hydrogen-bond acceptors (Lipinski definition) is 3. The summed E-state index contributed by atoms with van der Waals surface area (Å²) in [6.45, 7) is 2.80. The molecule has 0 saturated heterocycles. The predicted molar refractivity (Wildman–Crippen MR) is 103 cm³/mol. The predicted octanol–water partition coefficient (Wildman–Crippen LogP) is 4.44. The van der Waals surface area contributed by atoms with Crippen LogP contribution in [0.15, 0.2) is 65.5 Å². The molecule has 0 spiro atoms. The number of nitrogens with zero attached hydrogens (tertiary/aromatic N) is 2. The molecular weight excluding hydrogens is 402 g/mol. The maximum Gasteiger partial charge on any atom is 0.419 e. The van der Waals surface area contributed by atoms with Gasteiger partial charge in [0.05, 0.1) is 11.3 Å². The van der Waals surface area contributed by atoms with Crippen LogP contribution < -0.4 is 10.9 Å². The Morgan fingerprint density at radius 2 is 1.67 bits per heavy atom. The van der Waals surface area contributed by atoms with Gasteiger partial charge in [0.15, 0.2) is 0 Å². The molecule has 30 heavy (non-hydrogen) atoms. The quantitative estimate of drug-likeness (QED) is 0.636. The van der Waals surface area contributed by atoms with Crippen molar-refractivity contribution in [2.75, 3.05) is 5.32 Å². The van der Waals surface area contributed by atoms with Gasteiger partial charge in [-0.1, -0.05) is 30.3 Å². The van der Waals surface area contributed by atoms with Gasteiger partial charge in [-0.05, 0) is 38.1 Å². The van der Waals surface area contributed by atoms with E-state index in [1.54, 1.807) is 24.3 Å². The Morgan fingerprint density at radius 3 is 2.30 bits per heavy atom. The fourth-order valence-electron chi connectivity index (χ4n) is 2.78. The number of alkyl halides is 3. The molecule has 1 heterocycles. The number of carbonyl (C=O) groups excluding carboxylic acids is 1. The molecule has 0 bridgehead atoms. The first kappa shape index (κ1) is 21.2. The second-order valence-corrected chi connectivity index (χ2v) is 7.04. The van der Waals surface area contributed by atoms with Crippen LogP contribution in [0, 0.1) is 5.82 Å². The maximum atomic E-state index is 13.5. The van der Waals surface area contributed by atoms with Crippen LogP contribution in [0.25, 0.3) is 11.3 Å². The third-order valence-electron chi connectivity index (χ3n) is 4.48. The van der Waals surface area contributed by atoms with E-state index in [1.165, 1.54) is 26.0 Å². The second-order valence-electron chi connectivity index (χ2n) is 7.04. The fraction of sp³-hybridized carbons (Fsp3) is 0.190. The van der Waals surface area contributed by atoms with Crippen LogP contribution in [0.3, 0.4) is 0 Å². The van der Waals surface area contributed by atoms with Gasteiger partial charge < -0.3 is 5.32 Å². The van der Waals surface area contributed by atoms with E-state index in [9.17, 15) is 27.2 Å². The minimum Gasteiger partial charge on any atom is -0.324 e.